The van der Waals surface area contributed by atoms with Gasteiger partial charge in [0.1, 0.15) is 12.7 Å². The lowest BCUT2D eigenvalue weighted by Gasteiger charge is -2.08. The largest absolute Gasteiger partial charge is 0.459 e. The van der Waals surface area contributed by atoms with Gasteiger partial charge < -0.3 is 14.8 Å². The highest BCUT2D eigenvalue weighted by Crippen LogP contribution is 2.17. The van der Waals surface area contributed by atoms with Crippen molar-refractivity contribution in [1.29, 1.82) is 5.26 Å². The average molecular weight is 316 g/mol. The Labute approximate surface area is 126 Å². The van der Waals surface area contributed by atoms with Gasteiger partial charge in [-0.1, -0.05) is 11.6 Å². The van der Waals surface area contributed by atoms with Gasteiger partial charge in [0, 0.05) is 23.9 Å². The van der Waals surface area contributed by atoms with E-state index in [0.29, 0.717) is 16.7 Å². The molecule has 0 fully saturated rings. The molecule has 0 saturated carbocycles. The molecule has 0 radical (unpaired) electrons. The van der Waals surface area contributed by atoms with Gasteiger partial charge in [-0.05, 0) is 6.92 Å². The van der Waals surface area contributed by atoms with Crippen molar-refractivity contribution >= 4 is 28.9 Å². The molecule has 1 rings (SSSR count). The average Bonchev–Trinajstić information content (AvgIpc) is 2.83. The standard InChI is InChI=1S/C12H14ClN3O3S/c1-8(15-6-9-7-16-12(13)20-9)10(5-14)11(17)19-4-3-18-2/h7,15H,3-4,6H2,1-2H3/b10-8+. The van der Waals surface area contributed by atoms with E-state index in [-0.39, 0.29) is 18.8 Å². The molecule has 0 spiro atoms. The van der Waals surface area contributed by atoms with E-state index in [0.717, 1.165) is 4.88 Å². The SMILES string of the molecule is COCCOC(=O)/C(C#N)=C(\C)NCc1cnc(Cl)s1. The van der Waals surface area contributed by atoms with Gasteiger partial charge in [-0.25, -0.2) is 9.78 Å². The molecule has 8 heteroatoms. The van der Waals surface area contributed by atoms with E-state index in [9.17, 15) is 4.79 Å². The van der Waals surface area contributed by atoms with Crippen LogP contribution in [0.3, 0.4) is 0 Å². The Bertz CT molecular complexity index is 536. The van der Waals surface area contributed by atoms with Crippen LogP contribution in [0, 0.1) is 11.3 Å². The molecule has 0 aliphatic heterocycles. The van der Waals surface area contributed by atoms with Gasteiger partial charge in [0.05, 0.1) is 13.2 Å². The molecule has 0 bridgehead atoms. The molecule has 1 N–H and O–H groups in total. The van der Waals surface area contributed by atoms with Crippen LogP contribution in [-0.2, 0) is 20.8 Å². The molecule has 0 aliphatic rings. The highest BCUT2D eigenvalue weighted by Gasteiger charge is 2.14. The summed E-state index contributed by atoms with van der Waals surface area (Å²) in [6, 6.07) is 1.83. The van der Waals surface area contributed by atoms with Gasteiger partial charge in [0.2, 0.25) is 0 Å². The third-order valence-corrected chi connectivity index (χ3v) is 3.38. The van der Waals surface area contributed by atoms with Crippen molar-refractivity contribution in [3.8, 4) is 6.07 Å². The summed E-state index contributed by atoms with van der Waals surface area (Å²) in [4.78, 5) is 16.5. The second-order valence-electron chi connectivity index (χ2n) is 3.67. The van der Waals surface area contributed by atoms with E-state index in [1.807, 2.05) is 6.07 Å². The monoisotopic (exact) mass is 315 g/mol. The molecule has 0 atom stereocenters. The summed E-state index contributed by atoms with van der Waals surface area (Å²) in [6.07, 6.45) is 1.64. The number of ether oxygens (including phenoxy) is 2. The Hall–Kier alpha value is -1.62. The van der Waals surface area contributed by atoms with Crippen molar-refractivity contribution in [3.63, 3.8) is 0 Å². The molecule has 0 saturated heterocycles. The van der Waals surface area contributed by atoms with Gasteiger partial charge in [-0.2, -0.15) is 5.26 Å². The fourth-order valence-corrected chi connectivity index (χ4v) is 2.16. The fourth-order valence-electron chi connectivity index (χ4n) is 1.25. The van der Waals surface area contributed by atoms with E-state index >= 15 is 0 Å². The normalized spacial score (nSPS) is 11.5. The van der Waals surface area contributed by atoms with Crippen LogP contribution in [0.15, 0.2) is 17.5 Å². The number of nitriles is 1. The minimum atomic E-state index is -0.670. The maximum absolute atomic E-state index is 11.7. The van der Waals surface area contributed by atoms with Crippen molar-refractivity contribution in [1.82, 2.24) is 10.3 Å². The van der Waals surface area contributed by atoms with E-state index in [2.05, 4.69) is 10.3 Å². The van der Waals surface area contributed by atoms with Crippen LogP contribution < -0.4 is 5.32 Å². The summed E-state index contributed by atoms with van der Waals surface area (Å²) in [5.41, 5.74) is 0.385. The third kappa shape index (κ3) is 5.17. The number of carbonyl (C=O) groups excluding carboxylic acids is 1. The van der Waals surface area contributed by atoms with Crippen LogP contribution in [0.25, 0.3) is 0 Å². The minimum absolute atomic E-state index is 0.0586. The summed E-state index contributed by atoms with van der Waals surface area (Å²) in [5.74, 6) is -0.670. The topological polar surface area (TPSA) is 84.2 Å². The first-order valence-electron chi connectivity index (χ1n) is 5.69. The Morgan fingerprint density at radius 2 is 2.35 bits per heavy atom. The van der Waals surface area contributed by atoms with Gasteiger partial charge >= 0.3 is 5.97 Å². The van der Waals surface area contributed by atoms with Crippen LogP contribution in [0.4, 0.5) is 0 Å². The van der Waals surface area contributed by atoms with Crippen molar-refractivity contribution < 1.29 is 14.3 Å². The number of hydrogen-bond donors (Lipinski definition) is 1. The van der Waals surface area contributed by atoms with E-state index in [1.54, 1.807) is 13.1 Å². The quantitative estimate of drug-likeness (QED) is 0.358. The first-order valence-corrected chi connectivity index (χ1v) is 6.89. The number of aromatic nitrogens is 1. The number of esters is 1. The molecule has 1 aromatic rings. The zero-order valence-corrected chi connectivity index (χ0v) is 12.7. The lowest BCUT2D eigenvalue weighted by atomic mass is 10.2. The first kappa shape index (κ1) is 16.4. The highest BCUT2D eigenvalue weighted by atomic mass is 35.5. The number of carbonyl (C=O) groups is 1. The minimum Gasteiger partial charge on any atom is -0.459 e. The van der Waals surface area contributed by atoms with Gasteiger partial charge in [-0.3, -0.25) is 0 Å². The molecule has 6 nitrogen and oxygen atoms in total. The highest BCUT2D eigenvalue weighted by molar-refractivity contribution is 7.15. The van der Waals surface area contributed by atoms with Crippen molar-refractivity contribution in [2.75, 3.05) is 20.3 Å². The molecule has 0 amide bonds. The zero-order valence-electron chi connectivity index (χ0n) is 11.1. The maximum Gasteiger partial charge on any atom is 0.350 e. The molecule has 0 unspecified atom stereocenters. The number of nitrogens with zero attached hydrogens (tertiary/aromatic N) is 2. The Morgan fingerprint density at radius 1 is 1.60 bits per heavy atom. The van der Waals surface area contributed by atoms with E-state index in [1.165, 1.54) is 18.4 Å². The number of halogens is 1. The van der Waals surface area contributed by atoms with E-state index in [4.69, 9.17) is 26.3 Å². The van der Waals surface area contributed by atoms with Crippen LogP contribution >= 0.6 is 22.9 Å². The third-order valence-electron chi connectivity index (χ3n) is 2.26. The van der Waals surface area contributed by atoms with Gasteiger partial charge in [0.25, 0.3) is 0 Å². The first-order chi connectivity index (χ1) is 9.58. The number of nitrogens with one attached hydrogen (secondary N) is 1. The molecule has 1 aromatic heterocycles. The molecular formula is C12H14ClN3O3S. The predicted molar refractivity (Wildman–Crippen MR) is 75.1 cm³/mol. The van der Waals surface area contributed by atoms with Crippen molar-refractivity contribution in [2.24, 2.45) is 0 Å². The molecular weight excluding hydrogens is 302 g/mol. The second-order valence-corrected chi connectivity index (χ2v) is 5.37. The summed E-state index contributed by atoms with van der Waals surface area (Å²) >= 11 is 7.04. The lowest BCUT2D eigenvalue weighted by molar-refractivity contribution is -0.139. The molecule has 0 aliphatic carbocycles. The number of methoxy groups -OCH3 is 1. The maximum atomic E-state index is 11.7. The summed E-state index contributed by atoms with van der Waals surface area (Å²) in [5, 5.41) is 12.0. The fraction of sp³-hybridized carbons (Fsp3) is 0.417. The van der Waals surface area contributed by atoms with Crippen LogP contribution in [0.1, 0.15) is 11.8 Å². The number of hydrogen-bond acceptors (Lipinski definition) is 7. The van der Waals surface area contributed by atoms with Gasteiger partial charge in [0.15, 0.2) is 10.0 Å². The van der Waals surface area contributed by atoms with Crippen LogP contribution in [0.5, 0.6) is 0 Å². The zero-order chi connectivity index (χ0) is 15.0. The smallest absolute Gasteiger partial charge is 0.350 e. The number of thiazole rings is 1. The molecule has 0 aromatic carbocycles. The number of allylic oxidation sites excluding steroid dienone is 1. The second kappa shape index (κ2) is 8.53. The molecule has 1 heterocycles. The van der Waals surface area contributed by atoms with Crippen LogP contribution in [-0.4, -0.2) is 31.3 Å². The van der Waals surface area contributed by atoms with Gasteiger partial charge in [-0.15, -0.1) is 11.3 Å². The van der Waals surface area contributed by atoms with E-state index < -0.39 is 5.97 Å². The Kier molecular flexibility index (Phi) is 7.01. The molecule has 108 valence electrons. The Balaban J connectivity index is 2.60. The molecule has 20 heavy (non-hydrogen) atoms. The van der Waals surface area contributed by atoms with Crippen molar-refractivity contribution in [2.45, 2.75) is 13.5 Å². The Morgan fingerprint density at radius 3 is 2.90 bits per heavy atom. The summed E-state index contributed by atoms with van der Waals surface area (Å²) < 4.78 is 10.1. The van der Waals surface area contributed by atoms with Crippen LogP contribution in [0.2, 0.25) is 4.47 Å². The predicted octanol–water partition coefficient (Wildman–Crippen LogP) is 1.87. The summed E-state index contributed by atoms with van der Waals surface area (Å²) in [6.45, 7) is 2.47. The lowest BCUT2D eigenvalue weighted by Crippen LogP contribution is -2.18. The van der Waals surface area contributed by atoms with Crippen molar-refractivity contribution in [3.05, 3.63) is 26.8 Å². The summed E-state index contributed by atoms with van der Waals surface area (Å²) in [7, 11) is 1.50. The number of rotatable bonds is 7.